The number of carbonyl (C=O) groups excluding carboxylic acids is 2. The smallest absolute Gasteiger partial charge is 0.298 e. The molecule has 1 aliphatic heterocycles. The van der Waals surface area contributed by atoms with Gasteiger partial charge in [0, 0.05) is 0 Å². The van der Waals surface area contributed by atoms with Gasteiger partial charge >= 0.3 is 0 Å². The number of hydrogen-bond donors (Lipinski definition) is 0. The highest BCUT2D eigenvalue weighted by atomic mass is 32.2. The quantitative estimate of drug-likeness (QED) is 0.223. The van der Waals surface area contributed by atoms with Crippen LogP contribution in [-0.4, -0.2) is 31.0 Å². The Labute approximate surface area is 222 Å². The van der Waals surface area contributed by atoms with E-state index in [1.807, 2.05) is 31.2 Å². The number of ether oxygens (including phenoxy) is 3. The Morgan fingerprint density at radius 2 is 1.54 bits per heavy atom. The number of para-hydroxylation sites is 1. The van der Waals surface area contributed by atoms with Gasteiger partial charge in [0.2, 0.25) is 0 Å². The Morgan fingerprint density at radius 1 is 0.838 bits per heavy atom. The first kappa shape index (κ1) is 26.4. The normalized spacial score (nSPS) is 14.8. The van der Waals surface area contributed by atoms with Gasteiger partial charge in [0.1, 0.15) is 19.0 Å². The zero-order chi connectivity index (χ0) is 26.4. The van der Waals surface area contributed by atoms with Gasteiger partial charge in [0.25, 0.3) is 11.1 Å². The lowest BCUT2D eigenvalue weighted by Crippen LogP contribution is -2.27. The summed E-state index contributed by atoms with van der Waals surface area (Å²) >= 11 is 0.922. The number of nitrogens with zero attached hydrogens (tertiary/aromatic N) is 1. The van der Waals surface area contributed by atoms with E-state index in [0.717, 1.165) is 23.1 Å². The minimum Gasteiger partial charge on any atom is -0.490 e. The molecule has 0 radical (unpaired) electrons. The number of benzene rings is 3. The minimum atomic E-state index is -0.341. The molecule has 3 aromatic carbocycles. The standard InChI is InChI=1S/C30H31NO5S/c1-5-34-26-19-21(20-27-28(32)31(29(33)37-27)23-9-7-6-8-10-23)11-16-25(26)36-18-17-35-24-14-12-22(13-15-24)30(2,3)4/h6-16,19-20H,5,17-18H2,1-4H3/b27-20+. The summed E-state index contributed by atoms with van der Waals surface area (Å²) in [7, 11) is 0. The van der Waals surface area contributed by atoms with E-state index >= 15 is 0 Å². The molecule has 0 unspecified atom stereocenters. The predicted octanol–water partition coefficient (Wildman–Crippen LogP) is 7.08. The Bertz CT molecular complexity index is 1280. The Kier molecular flexibility index (Phi) is 8.24. The van der Waals surface area contributed by atoms with Crippen LogP contribution in [0.2, 0.25) is 0 Å². The van der Waals surface area contributed by atoms with Gasteiger partial charge in [-0.25, -0.2) is 4.90 Å². The highest BCUT2D eigenvalue weighted by Crippen LogP contribution is 2.37. The van der Waals surface area contributed by atoms with Crippen LogP contribution in [0.5, 0.6) is 17.2 Å². The average Bonchev–Trinajstić information content (AvgIpc) is 3.15. The average molecular weight is 518 g/mol. The lowest BCUT2D eigenvalue weighted by atomic mass is 9.87. The Balaban J connectivity index is 1.39. The summed E-state index contributed by atoms with van der Waals surface area (Å²) < 4.78 is 17.5. The van der Waals surface area contributed by atoms with Crippen LogP contribution < -0.4 is 19.1 Å². The van der Waals surface area contributed by atoms with Gasteiger partial charge in [-0.3, -0.25) is 9.59 Å². The fourth-order valence-electron chi connectivity index (χ4n) is 3.78. The van der Waals surface area contributed by atoms with Crippen LogP contribution in [0.25, 0.3) is 6.08 Å². The predicted molar refractivity (Wildman–Crippen MR) is 149 cm³/mol. The Hall–Kier alpha value is -3.71. The molecule has 0 aromatic heterocycles. The van der Waals surface area contributed by atoms with Crippen molar-refractivity contribution in [3.63, 3.8) is 0 Å². The fraction of sp³-hybridized carbons (Fsp3) is 0.267. The second kappa shape index (κ2) is 11.6. The molecular weight excluding hydrogens is 486 g/mol. The third kappa shape index (κ3) is 6.54. The number of thioether (sulfide) groups is 1. The van der Waals surface area contributed by atoms with Gasteiger partial charge in [-0.2, -0.15) is 0 Å². The van der Waals surface area contributed by atoms with Crippen molar-refractivity contribution in [3.05, 3.63) is 88.8 Å². The topological polar surface area (TPSA) is 65.1 Å². The molecule has 37 heavy (non-hydrogen) atoms. The highest BCUT2D eigenvalue weighted by Gasteiger charge is 2.36. The highest BCUT2D eigenvalue weighted by molar-refractivity contribution is 8.19. The minimum absolute atomic E-state index is 0.0972. The summed E-state index contributed by atoms with van der Waals surface area (Å²) in [6.07, 6.45) is 1.70. The van der Waals surface area contributed by atoms with E-state index in [1.54, 1.807) is 42.5 Å². The van der Waals surface area contributed by atoms with E-state index in [4.69, 9.17) is 14.2 Å². The van der Waals surface area contributed by atoms with Crippen molar-refractivity contribution in [2.45, 2.75) is 33.1 Å². The molecular formula is C30H31NO5S. The molecule has 1 saturated heterocycles. The van der Waals surface area contributed by atoms with Crippen molar-refractivity contribution in [1.82, 2.24) is 0 Å². The lowest BCUT2D eigenvalue weighted by molar-refractivity contribution is -0.113. The molecule has 0 saturated carbocycles. The second-order valence-electron chi connectivity index (χ2n) is 9.46. The van der Waals surface area contributed by atoms with E-state index in [1.165, 1.54) is 10.5 Å². The van der Waals surface area contributed by atoms with Crippen LogP contribution in [0.3, 0.4) is 0 Å². The number of carbonyl (C=O) groups is 2. The van der Waals surface area contributed by atoms with Gasteiger partial charge in [-0.1, -0.05) is 57.2 Å². The van der Waals surface area contributed by atoms with Crippen molar-refractivity contribution in [2.24, 2.45) is 0 Å². The van der Waals surface area contributed by atoms with Crippen LogP contribution >= 0.6 is 11.8 Å². The molecule has 0 bridgehead atoms. The maximum atomic E-state index is 12.9. The number of imide groups is 1. The molecule has 4 rings (SSSR count). The van der Waals surface area contributed by atoms with Gasteiger partial charge in [0.05, 0.1) is 17.2 Å². The van der Waals surface area contributed by atoms with Crippen LogP contribution in [-0.2, 0) is 10.2 Å². The maximum absolute atomic E-state index is 12.9. The van der Waals surface area contributed by atoms with E-state index < -0.39 is 0 Å². The molecule has 0 atom stereocenters. The number of amides is 2. The zero-order valence-electron chi connectivity index (χ0n) is 21.5. The molecule has 0 aliphatic carbocycles. The summed E-state index contributed by atoms with van der Waals surface area (Å²) in [5.74, 6) is 1.60. The van der Waals surface area contributed by atoms with E-state index in [-0.39, 0.29) is 16.6 Å². The number of anilines is 1. The van der Waals surface area contributed by atoms with Gasteiger partial charge in [-0.05, 0) is 77.7 Å². The largest absolute Gasteiger partial charge is 0.490 e. The van der Waals surface area contributed by atoms with E-state index in [0.29, 0.717) is 41.9 Å². The molecule has 2 amide bonds. The molecule has 0 spiro atoms. The van der Waals surface area contributed by atoms with Crippen LogP contribution in [0.4, 0.5) is 10.5 Å². The van der Waals surface area contributed by atoms with E-state index in [9.17, 15) is 9.59 Å². The molecule has 192 valence electrons. The number of rotatable bonds is 9. The molecule has 6 nitrogen and oxygen atoms in total. The second-order valence-corrected chi connectivity index (χ2v) is 10.5. The first-order valence-corrected chi connectivity index (χ1v) is 13.0. The van der Waals surface area contributed by atoms with E-state index in [2.05, 4.69) is 32.9 Å². The summed E-state index contributed by atoms with van der Waals surface area (Å²) in [6, 6.07) is 22.5. The molecule has 3 aromatic rings. The lowest BCUT2D eigenvalue weighted by Gasteiger charge is -2.19. The molecule has 0 N–H and O–H groups in total. The van der Waals surface area contributed by atoms with Crippen molar-refractivity contribution in [3.8, 4) is 17.2 Å². The van der Waals surface area contributed by atoms with Crippen LogP contribution in [0, 0.1) is 0 Å². The third-order valence-electron chi connectivity index (χ3n) is 5.70. The zero-order valence-corrected chi connectivity index (χ0v) is 22.3. The fourth-order valence-corrected chi connectivity index (χ4v) is 4.62. The molecule has 7 heteroatoms. The summed E-state index contributed by atoms with van der Waals surface area (Å²) in [5, 5.41) is -0.319. The first-order valence-electron chi connectivity index (χ1n) is 12.2. The number of hydrogen-bond acceptors (Lipinski definition) is 6. The van der Waals surface area contributed by atoms with Crippen molar-refractivity contribution in [1.29, 1.82) is 0 Å². The van der Waals surface area contributed by atoms with Crippen LogP contribution in [0.15, 0.2) is 77.7 Å². The maximum Gasteiger partial charge on any atom is 0.298 e. The first-order chi connectivity index (χ1) is 17.8. The van der Waals surface area contributed by atoms with Gasteiger partial charge in [-0.15, -0.1) is 0 Å². The molecule has 1 fully saturated rings. The van der Waals surface area contributed by atoms with Crippen LogP contribution in [0.1, 0.15) is 38.8 Å². The van der Waals surface area contributed by atoms with Crippen molar-refractivity contribution < 1.29 is 23.8 Å². The third-order valence-corrected chi connectivity index (χ3v) is 6.57. The molecule has 1 aliphatic rings. The van der Waals surface area contributed by atoms with Gasteiger partial charge < -0.3 is 14.2 Å². The summed E-state index contributed by atoms with van der Waals surface area (Å²) in [6.45, 7) is 9.62. The Morgan fingerprint density at radius 3 is 2.22 bits per heavy atom. The van der Waals surface area contributed by atoms with Gasteiger partial charge in [0.15, 0.2) is 11.5 Å². The summed E-state index contributed by atoms with van der Waals surface area (Å²) in [4.78, 5) is 26.9. The monoisotopic (exact) mass is 517 g/mol. The summed E-state index contributed by atoms with van der Waals surface area (Å²) in [5.41, 5.74) is 2.64. The molecule has 1 heterocycles. The van der Waals surface area contributed by atoms with Crippen molar-refractivity contribution in [2.75, 3.05) is 24.7 Å². The SMILES string of the molecule is CCOc1cc(/C=C2/SC(=O)N(c3ccccc3)C2=O)ccc1OCCOc1ccc(C(C)(C)C)cc1. The van der Waals surface area contributed by atoms with Crippen molar-refractivity contribution >= 4 is 34.7 Å².